The number of carboxylic acids is 1. The lowest BCUT2D eigenvalue weighted by Gasteiger charge is -2.26. The molecule has 2 N–H and O–H groups in total. The maximum Gasteiger partial charge on any atom is 0.306 e. The van der Waals surface area contributed by atoms with E-state index in [1.165, 1.54) is 17.7 Å². The van der Waals surface area contributed by atoms with E-state index in [0.29, 0.717) is 30.0 Å². The molecule has 0 aliphatic heterocycles. The van der Waals surface area contributed by atoms with Crippen LogP contribution in [0.2, 0.25) is 0 Å². The molecule has 1 amide bonds. The molecular weight excluding hydrogens is 369 g/mol. The topological polar surface area (TPSA) is 66.4 Å². The van der Waals surface area contributed by atoms with Crippen LogP contribution >= 0.6 is 0 Å². The van der Waals surface area contributed by atoms with Crippen LogP contribution in [0.1, 0.15) is 47.5 Å². The zero-order valence-corrected chi connectivity index (χ0v) is 15.9. The van der Waals surface area contributed by atoms with Crippen molar-refractivity contribution in [3.05, 3.63) is 77.6 Å². The number of hydrogen-bond acceptors (Lipinski definition) is 2. The molecule has 0 unspecified atom stereocenters. The summed E-state index contributed by atoms with van der Waals surface area (Å²) in [6, 6.07) is 17.4. The summed E-state index contributed by atoms with van der Waals surface area (Å²) in [5, 5.41) is 13.6. The molecule has 0 aromatic heterocycles. The summed E-state index contributed by atoms with van der Waals surface area (Å²) in [7, 11) is 0. The van der Waals surface area contributed by atoms with E-state index in [1.807, 2.05) is 24.3 Å². The molecule has 0 atom stereocenters. The number of hydrogen-bond donors (Lipinski definition) is 2. The molecule has 0 saturated heterocycles. The van der Waals surface area contributed by atoms with Gasteiger partial charge in [-0.2, -0.15) is 0 Å². The second-order valence-electron chi connectivity index (χ2n) is 7.67. The van der Waals surface area contributed by atoms with Gasteiger partial charge < -0.3 is 10.4 Å². The average molecular weight is 391 g/mol. The van der Waals surface area contributed by atoms with Gasteiger partial charge in [0.2, 0.25) is 0 Å². The Balaban J connectivity index is 1.41. The van der Waals surface area contributed by atoms with Crippen LogP contribution in [0.5, 0.6) is 0 Å². The van der Waals surface area contributed by atoms with Crippen LogP contribution in [0, 0.1) is 11.7 Å². The molecule has 0 radical (unpaired) electrons. The molecule has 1 aliphatic rings. The Bertz CT molecular complexity index is 1050. The van der Waals surface area contributed by atoms with Crippen LogP contribution < -0.4 is 5.32 Å². The molecular formula is C24H22FNO3. The van der Waals surface area contributed by atoms with Crippen LogP contribution in [0.25, 0.3) is 10.8 Å². The van der Waals surface area contributed by atoms with Crippen molar-refractivity contribution in [2.45, 2.75) is 31.6 Å². The zero-order chi connectivity index (χ0) is 20.4. The van der Waals surface area contributed by atoms with E-state index in [-0.39, 0.29) is 17.6 Å². The van der Waals surface area contributed by atoms with Gasteiger partial charge in [0.1, 0.15) is 5.82 Å². The van der Waals surface area contributed by atoms with Crippen LogP contribution in [-0.4, -0.2) is 17.0 Å². The predicted molar refractivity (Wildman–Crippen MR) is 111 cm³/mol. The van der Waals surface area contributed by atoms with Gasteiger partial charge in [-0.1, -0.05) is 24.3 Å². The first kappa shape index (κ1) is 19.1. The molecule has 1 aliphatic carbocycles. The highest BCUT2D eigenvalue weighted by Crippen LogP contribution is 2.36. The van der Waals surface area contributed by atoms with Crippen molar-refractivity contribution in [3.8, 4) is 0 Å². The number of aliphatic carboxylic acids is 1. The van der Waals surface area contributed by atoms with Gasteiger partial charge >= 0.3 is 5.97 Å². The molecule has 0 spiro atoms. The third kappa shape index (κ3) is 4.29. The van der Waals surface area contributed by atoms with Crippen molar-refractivity contribution in [3.63, 3.8) is 0 Å². The maximum absolute atomic E-state index is 13.3. The van der Waals surface area contributed by atoms with Gasteiger partial charge in [0, 0.05) is 11.3 Å². The zero-order valence-electron chi connectivity index (χ0n) is 15.9. The lowest BCUT2D eigenvalue weighted by atomic mass is 9.79. The number of halogens is 1. The molecule has 3 aromatic rings. The van der Waals surface area contributed by atoms with E-state index < -0.39 is 5.97 Å². The van der Waals surface area contributed by atoms with Crippen LogP contribution in [-0.2, 0) is 4.79 Å². The third-order valence-corrected chi connectivity index (χ3v) is 5.78. The van der Waals surface area contributed by atoms with Crippen molar-refractivity contribution in [1.29, 1.82) is 0 Å². The van der Waals surface area contributed by atoms with Gasteiger partial charge in [-0.25, -0.2) is 4.39 Å². The number of rotatable bonds is 4. The normalized spacial score (nSPS) is 19.1. The standard InChI is InChI=1S/C24H22FNO3/c25-21-10-7-18-13-20(6-5-19(18)14-21)23(27)26-22-11-8-16(9-12-22)15-1-3-17(4-2-15)24(28)29/h5-15,17H,1-4H2,(H,26,27)(H,28,29). The average Bonchev–Trinajstić information content (AvgIpc) is 2.74. The van der Waals surface area contributed by atoms with E-state index in [4.69, 9.17) is 5.11 Å². The number of carbonyl (C=O) groups is 2. The van der Waals surface area contributed by atoms with Crippen molar-refractivity contribution >= 4 is 28.3 Å². The second kappa shape index (κ2) is 8.03. The van der Waals surface area contributed by atoms with Gasteiger partial charge in [0.05, 0.1) is 5.92 Å². The lowest BCUT2D eigenvalue weighted by Crippen LogP contribution is -2.20. The molecule has 1 fully saturated rings. The molecule has 0 bridgehead atoms. The largest absolute Gasteiger partial charge is 0.481 e. The van der Waals surface area contributed by atoms with Crippen LogP contribution in [0.4, 0.5) is 10.1 Å². The second-order valence-corrected chi connectivity index (χ2v) is 7.67. The Labute approximate surface area is 168 Å². The highest BCUT2D eigenvalue weighted by Gasteiger charge is 2.26. The molecule has 4 nitrogen and oxygen atoms in total. The number of benzene rings is 3. The summed E-state index contributed by atoms with van der Waals surface area (Å²) in [5.41, 5.74) is 2.40. The first-order chi connectivity index (χ1) is 14.0. The summed E-state index contributed by atoms with van der Waals surface area (Å²) >= 11 is 0. The quantitative estimate of drug-likeness (QED) is 0.609. The molecule has 1 saturated carbocycles. The van der Waals surface area contributed by atoms with Gasteiger partial charge in [-0.05, 0) is 84.3 Å². The number of nitrogens with one attached hydrogen (secondary N) is 1. The monoisotopic (exact) mass is 391 g/mol. The summed E-state index contributed by atoms with van der Waals surface area (Å²) in [6.07, 6.45) is 3.18. The minimum absolute atomic E-state index is 0.217. The SMILES string of the molecule is O=C(Nc1ccc(C2CCC(C(=O)O)CC2)cc1)c1ccc2cc(F)ccc2c1. The Morgan fingerprint density at radius 2 is 1.52 bits per heavy atom. The van der Waals surface area contributed by atoms with Crippen molar-refractivity contribution in [1.82, 2.24) is 0 Å². The number of carboxylic acid groups (broad SMARTS) is 1. The smallest absolute Gasteiger partial charge is 0.306 e. The van der Waals surface area contributed by atoms with Gasteiger partial charge in [-0.3, -0.25) is 9.59 Å². The van der Waals surface area contributed by atoms with E-state index in [1.54, 1.807) is 24.3 Å². The fourth-order valence-corrected chi connectivity index (χ4v) is 4.07. The minimum atomic E-state index is -0.694. The fraction of sp³-hybridized carbons (Fsp3) is 0.250. The van der Waals surface area contributed by atoms with E-state index in [0.717, 1.165) is 23.6 Å². The molecule has 29 heavy (non-hydrogen) atoms. The summed E-state index contributed by atoms with van der Waals surface area (Å²) in [4.78, 5) is 23.7. The van der Waals surface area contributed by atoms with Crippen molar-refractivity contribution in [2.75, 3.05) is 5.32 Å². The van der Waals surface area contributed by atoms with E-state index >= 15 is 0 Å². The minimum Gasteiger partial charge on any atom is -0.481 e. The van der Waals surface area contributed by atoms with E-state index in [2.05, 4.69) is 5.32 Å². The highest BCUT2D eigenvalue weighted by atomic mass is 19.1. The van der Waals surface area contributed by atoms with Crippen molar-refractivity contribution < 1.29 is 19.1 Å². The molecule has 148 valence electrons. The first-order valence-corrected chi connectivity index (χ1v) is 9.83. The fourth-order valence-electron chi connectivity index (χ4n) is 4.07. The van der Waals surface area contributed by atoms with Crippen LogP contribution in [0.15, 0.2) is 60.7 Å². The molecule has 5 heteroatoms. The molecule has 4 rings (SSSR count). The molecule has 3 aromatic carbocycles. The summed E-state index contributed by atoms with van der Waals surface area (Å²) < 4.78 is 13.3. The Morgan fingerprint density at radius 3 is 2.21 bits per heavy atom. The number of anilines is 1. The maximum atomic E-state index is 13.3. The van der Waals surface area contributed by atoms with Crippen molar-refractivity contribution in [2.24, 2.45) is 5.92 Å². The Kier molecular flexibility index (Phi) is 5.30. The Morgan fingerprint density at radius 1 is 0.862 bits per heavy atom. The number of carbonyl (C=O) groups excluding carboxylic acids is 1. The van der Waals surface area contributed by atoms with Gasteiger partial charge in [-0.15, -0.1) is 0 Å². The third-order valence-electron chi connectivity index (χ3n) is 5.78. The van der Waals surface area contributed by atoms with Crippen LogP contribution in [0.3, 0.4) is 0 Å². The number of fused-ring (bicyclic) bond motifs is 1. The predicted octanol–water partition coefficient (Wildman–Crippen LogP) is 5.59. The van der Waals surface area contributed by atoms with Gasteiger partial charge in [0.25, 0.3) is 5.91 Å². The van der Waals surface area contributed by atoms with E-state index in [9.17, 15) is 14.0 Å². The number of amides is 1. The lowest BCUT2D eigenvalue weighted by molar-refractivity contribution is -0.142. The summed E-state index contributed by atoms with van der Waals surface area (Å²) in [6.45, 7) is 0. The Hall–Kier alpha value is -3.21. The highest BCUT2D eigenvalue weighted by molar-refractivity contribution is 6.06. The molecule has 0 heterocycles. The first-order valence-electron chi connectivity index (χ1n) is 9.83. The van der Waals surface area contributed by atoms with Gasteiger partial charge in [0.15, 0.2) is 0 Å². The summed E-state index contributed by atoms with van der Waals surface area (Å²) in [5.74, 6) is -1.06.